The molecule has 1 saturated heterocycles. The summed E-state index contributed by atoms with van der Waals surface area (Å²) in [6.45, 7) is 0.545. The average Bonchev–Trinajstić information content (AvgIpc) is 2.66. The monoisotopic (exact) mass is 277 g/mol. The smallest absolute Gasteiger partial charge is 0.320 e. The number of benzene rings is 1. The molecule has 1 aliphatic heterocycles. The van der Waals surface area contributed by atoms with E-state index >= 15 is 0 Å². The van der Waals surface area contributed by atoms with Crippen molar-refractivity contribution in [2.45, 2.75) is 18.6 Å². The van der Waals surface area contributed by atoms with Crippen molar-refractivity contribution < 1.29 is 14.6 Å². The summed E-state index contributed by atoms with van der Waals surface area (Å²) in [5.41, 5.74) is 0. The molecular weight excluding hydrogens is 265 g/mol. The zero-order valence-corrected chi connectivity index (χ0v) is 10.5. The minimum Gasteiger partial charge on any atom is -0.489 e. The Morgan fingerprint density at radius 3 is 2.88 bits per heavy atom. The Bertz CT molecular complexity index is 400. The summed E-state index contributed by atoms with van der Waals surface area (Å²) in [5, 5.41) is 12.3. The maximum atomic E-state index is 10.7. The van der Waals surface area contributed by atoms with Crippen LogP contribution in [0.3, 0.4) is 0 Å². The predicted molar refractivity (Wildman–Crippen MR) is 67.2 cm³/mol. The Morgan fingerprint density at radius 2 is 2.29 bits per heavy atom. The molecule has 2 atom stereocenters. The molecule has 94 valence electrons. The Labute approximate surface area is 110 Å². The van der Waals surface area contributed by atoms with E-state index in [1.165, 1.54) is 0 Å². The summed E-state index contributed by atoms with van der Waals surface area (Å²) in [6, 6.07) is 6.58. The maximum Gasteiger partial charge on any atom is 0.320 e. The highest BCUT2D eigenvalue weighted by Crippen LogP contribution is 2.21. The van der Waals surface area contributed by atoms with Crippen LogP contribution in [0.25, 0.3) is 0 Å². The Balaban J connectivity index is 0.00000144. The van der Waals surface area contributed by atoms with Crippen molar-refractivity contribution in [1.82, 2.24) is 5.32 Å². The van der Waals surface area contributed by atoms with Gasteiger partial charge in [-0.05, 0) is 18.2 Å². The lowest BCUT2D eigenvalue weighted by Crippen LogP contribution is -2.30. The van der Waals surface area contributed by atoms with Crippen molar-refractivity contribution >= 4 is 30.0 Å². The first-order valence-corrected chi connectivity index (χ1v) is 5.41. The average molecular weight is 278 g/mol. The molecule has 1 aliphatic rings. The van der Waals surface area contributed by atoms with E-state index in [1.54, 1.807) is 24.3 Å². The van der Waals surface area contributed by atoms with Crippen LogP contribution in [0.4, 0.5) is 0 Å². The van der Waals surface area contributed by atoms with E-state index in [4.69, 9.17) is 21.4 Å². The number of carboxylic acids is 1. The molecule has 0 radical (unpaired) electrons. The van der Waals surface area contributed by atoms with Gasteiger partial charge in [-0.15, -0.1) is 12.4 Å². The normalized spacial score (nSPS) is 22.9. The number of halogens is 2. The van der Waals surface area contributed by atoms with Crippen molar-refractivity contribution in [3.8, 4) is 5.75 Å². The van der Waals surface area contributed by atoms with Crippen molar-refractivity contribution in [1.29, 1.82) is 0 Å². The van der Waals surface area contributed by atoms with E-state index in [1.807, 2.05) is 0 Å². The molecular formula is C11H13Cl2NO3. The lowest BCUT2D eigenvalue weighted by atomic mass is 10.2. The second-order valence-corrected chi connectivity index (χ2v) is 4.17. The van der Waals surface area contributed by atoms with Gasteiger partial charge in [-0.1, -0.05) is 17.7 Å². The number of carboxylic acid groups (broad SMARTS) is 1. The minimum atomic E-state index is -0.836. The van der Waals surface area contributed by atoms with E-state index in [9.17, 15) is 4.79 Å². The number of hydrogen-bond donors (Lipinski definition) is 2. The maximum absolute atomic E-state index is 10.7. The highest BCUT2D eigenvalue weighted by atomic mass is 35.5. The topological polar surface area (TPSA) is 58.6 Å². The van der Waals surface area contributed by atoms with Crippen LogP contribution in [0.2, 0.25) is 5.02 Å². The van der Waals surface area contributed by atoms with Crippen LogP contribution in [0, 0.1) is 0 Å². The fourth-order valence-corrected chi connectivity index (χ4v) is 1.89. The summed E-state index contributed by atoms with van der Waals surface area (Å²) < 4.78 is 5.63. The zero-order chi connectivity index (χ0) is 11.5. The lowest BCUT2D eigenvalue weighted by Gasteiger charge is -2.12. The number of hydrogen-bond acceptors (Lipinski definition) is 3. The Kier molecular flexibility index (Phi) is 5.05. The molecule has 1 fully saturated rings. The fourth-order valence-electron chi connectivity index (χ4n) is 1.71. The van der Waals surface area contributed by atoms with Gasteiger partial charge in [0.2, 0.25) is 0 Å². The molecule has 1 aromatic rings. The minimum absolute atomic E-state index is 0. The standard InChI is InChI=1S/C11H12ClNO3.ClH/c12-7-2-1-3-8(4-7)16-9-5-10(11(14)15)13-6-9;/h1-4,9-10,13H,5-6H2,(H,14,15);1H. The van der Waals surface area contributed by atoms with Crippen molar-refractivity contribution in [3.63, 3.8) is 0 Å². The summed E-state index contributed by atoms with van der Waals surface area (Å²) in [5.74, 6) is -0.164. The molecule has 0 spiro atoms. The van der Waals surface area contributed by atoms with Gasteiger partial charge in [-0.3, -0.25) is 4.79 Å². The second kappa shape index (κ2) is 6.10. The highest BCUT2D eigenvalue weighted by Gasteiger charge is 2.30. The van der Waals surface area contributed by atoms with Crippen LogP contribution in [0.15, 0.2) is 24.3 Å². The third-order valence-electron chi connectivity index (χ3n) is 2.49. The van der Waals surface area contributed by atoms with Crippen molar-refractivity contribution in [2.75, 3.05) is 6.54 Å². The van der Waals surface area contributed by atoms with Gasteiger partial charge < -0.3 is 15.2 Å². The van der Waals surface area contributed by atoms with Crippen LogP contribution >= 0.6 is 24.0 Å². The van der Waals surface area contributed by atoms with Gasteiger partial charge >= 0.3 is 5.97 Å². The van der Waals surface area contributed by atoms with Crippen molar-refractivity contribution in [3.05, 3.63) is 29.3 Å². The van der Waals surface area contributed by atoms with Gasteiger partial charge in [-0.25, -0.2) is 0 Å². The Hall–Kier alpha value is -0.970. The van der Waals surface area contributed by atoms with Gasteiger partial charge in [0.05, 0.1) is 0 Å². The van der Waals surface area contributed by atoms with Gasteiger partial charge in [0.25, 0.3) is 0 Å². The van der Waals surface area contributed by atoms with E-state index in [-0.39, 0.29) is 18.5 Å². The summed E-state index contributed by atoms with van der Waals surface area (Å²) >= 11 is 5.82. The number of carbonyl (C=O) groups is 1. The van der Waals surface area contributed by atoms with E-state index < -0.39 is 12.0 Å². The van der Waals surface area contributed by atoms with Gasteiger partial charge in [0, 0.05) is 18.0 Å². The first-order valence-electron chi connectivity index (χ1n) is 5.03. The molecule has 0 aliphatic carbocycles. The molecule has 6 heteroatoms. The van der Waals surface area contributed by atoms with Crippen LogP contribution in [0.1, 0.15) is 6.42 Å². The van der Waals surface area contributed by atoms with E-state index in [2.05, 4.69) is 5.32 Å². The van der Waals surface area contributed by atoms with Crippen LogP contribution < -0.4 is 10.1 Å². The van der Waals surface area contributed by atoms with Gasteiger partial charge in [0.15, 0.2) is 0 Å². The Morgan fingerprint density at radius 1 is 1.53 bits per heavy atom. The molecule has 2 N–H and O–H groups in total. The molecule has 0 bridgehead atoms. The third kappa shape index (κ3) is 3.77. The van der Waals surface area contributed by atoms with Gasteiger partial charge in [-0.2, -0.15) is 0 Å². The summed E-state index contributed by atoms with van der Waals surface area (Å²) in [4.78, 5) is 10.7. The largest absolute Gasteiger partial charge is 0.489 e. The lowest BCUT2D eigenvalue weighted by molar-refractivity contribution is -0.139. The van der Waals surface area contributed by atoms with Crippen molar-refractivity contribution in [2.24, 2.45) is 0 Å². The zero-order valence-electron chi connectivity index (χ0n) is 8.93. The van der Waals surface area contributed by atoms with E-state index in [0.29, 0.717) is 23.7 Å². The SMILES string of the molecule is Cl.O=C(O)C1CC(Oc2cccc(Cl)c2)CN1. The second-order valence-electron chi connectivity index (χ2n) is 3.73. The number of rotatable bonds is 3. The highest BCUT2D eigenvalue weighted by molar-refractivity contribution is 6.30. The molecule has 0 amide bonds. The van der Waals surface area contributed by atoms with Crippen LogP contribution in [-0.4, -0.2) is 29.8 Å². The molecule has 4 nitrogen and oxygen atoms in total. The van der Waals surface area contributed by atoms with Gasteiger partial charge in [0.1, 0.15) is 17.9 Å². The third-order valence-corrected chi connectivity index (χ3v) is 2.72. The molecule has 2 rings (SSSR count). The number of ether oxygens (including phenoxy) is 1. The fraction of sp³-hybridized carbons (Fsp3) is 0.364. The molecule has 0 aromatic heterocycles. The number of nitrogens with one attached hydrogen (secondary N) is 1. The molecule has 1 heterocycles. The molecule has 17 heavy (non-hydrogen) atoms. The van der Waals surface area contributed by atoms with E-state index in [0.717, 1.165) is 0 Å². The first kappa shape index (κ1) is 14.1. The van der Waals surface area contributed by atoms with Crippen LogP contribution in [-0.2, 0) is 4.79 Å². The quantitative estimate of drug-likeness (QED) is 0.887. The first-order chi connectivity index (χ1) is 7.65. The number of aliphatic carboxylic acids is 1. The molecule has 1 aromatic carbocycles. The molecule has 0 saturated carbocycles. The predicted octanol–water partition coefficient (Wildman–Crippen LogP) is 1.96. The van der Waals surface area contributed by atoms with Crippen LogP contribution in [0.5, 0.6) is 5.75 Å². The summed E-state index contributed by atoms with van der Waals surface area (Å²) in [7, 11) is 0. The summed E-state index contributed by atoms with van der Waals surface area (Å²) in [6.07, 6.45) is 0.363. The molecule has 2 unspecified atom stereocenters.